The Labute approximate surface area is 124 Å². The van der Waals surface area contributed by atoms with Crippen LogP contribution in [0.4, 0.5) is 17.3 Å². The van der Waals surface area contributed by atoms with E-state index in [0.717, 1.165) is 39.1 Å². The van der Waals surface area contributed by atoms with Crippen molar-refractivity contribution >= 4 is 17.3 Å². The Morgan fingerprint density at radius 2 is 1.86 bits per heavy atom. The zero-order valence-electron chi connectivity index (χ0n) is 12.5. The predicted molar refractivity (Wildman–Crippen MR) is 83.8 cm³/mol. The lowest BCUT2D eigenvalue weighted by atomic mass is 10.3. The summed E-state index contributed by atoms with van der Waals surface area (Å²) in [6.07, 6.45) is 3.47. The number of rotatable bonds is 8. The number of nitro groups is 1. The van der Waals surface area contributed by atoms with E-state index >= 15 is 0 Å². The van der Waals surface area contributed by atoms with Crippen molar-refractivity contribution in [1.82, 2.24) is 9.88 Å². The van der Waals surface area contributed by atoms with E-state index in [9.17, 15) is 10.1 Å². The molecule has 0 aliphatic carbocycles. The average Bonchev–Trinajstić information content (AvgIpc) is 2.98. The molecule has 1 aliphatic rings. The van der Waals surface area contributed by atoms with Crippen LogP contribution < -0.4 is 10.6 Å². The molecule has 0 saturated carbocycles. The standard InChI is InChI=1S/C14H23N5O2/c1-2-5-15-13-10-12(19(20)21)11-14(17-13)16-6-9-18-7-3-4-8-18/h10-11H,2-9H2,1H3,(H2,15,16,17). The second-order valence-corrected chi connectivity index (χ2v) is 5.26. The molecule has 0 spiro atoms. The minimum Gasteiger partial charge on any atom is -0.370 e. The van der Waals surface area contributed by atoms with Crippen LogP contribution in [0.5, 0.6) is 0 Å². The number of anilines is 2. The summed E-state index contributed by atoms with van der Waals surface area (Å²) in [7, 11) is 0. The molecule has 2 rings (SSSR count). The topological polar surface area (TPSA) is 83.3 Å². The second-order valence-electron chi connectivity index (χ2n) is 5.26. The Bertz CT molecular complexity index is 474. The molecule has 1 aromatic rings. The fraction of sp³-hybridized carbons (Fsp3) is 0.643. The molecule has 0 unspecified atom stereocenters. The quantitative estimate of drug-likeness (QED) is 0.565. The van der Waals surface area contributed by atoms with Gasteiger partial charge in [-0.15, -0.1) is 0 Å². The van der Waals surface area contributed by atoms with Crippen LogP contribution in [-0.2, 0) is 0 Å². The van der Waals surface area contributed by atoms with Gasteiger partial charge in [-0.05, 0) is 32.4 Å². The third-order valence-corrected chi connectivity index (χ3v) is 3.51. The molecular weight excluding hydrogens is 270 g/mol. The van der Waals surface area contributed by atoms with Gasteiger partial charge in [-0.25, -0.2) is 4.98 Å². The van der Waals surface area contributed by atoms with E-state index in [2.05, 4.69) is 20.5 Å². The van der Waals surface area contributed by atoms with Crippen molar-refractivity contribution in [2.75, 3.05) is 43.4 Å². The van der Waals surface area contributed by atoms with Crippen LogP contribution in [0, 0.1) is 10.1 Å². The maximum atomic E-state index is 11.0. The first-order valence-electron chi connectivity index (χ1n) is 7.55. The summed E-state index contributed by atoms with van der Waals surface area (Å²) < 4.78 is 0. The van der Waals surface area contributed by atoms with Crippen molar-refractivity contribution in [2.45, 2.75) is 26.2 Å². The molecule has 0 atom stereocenters. The van der Waals surface area contributed by atoms with Gasteiger partial charge in [0.2, 0.25) is 0 Å². The van der Waals surface area contributed by atoms with Crippen LogP contribution in [0.3, 0.4) is 0 Å². The molecule has 0 bridgehead atoms. The van der Waals surface area contributed by atoms with Crippen molar-refractivity contribution in [2.24, 2.45) is 0 Å². The highest BCUT2D eigenvalue weighted by molar-refractivity contribution is 5.54. The molecule has 21 heavy (non-hydrogen) atoms. The zero-order valence-corrected chi connectivity index (χ0v) is 12.5. The van der Waals surface area contributed by atoms with Gasteiger partial charge in [-0.3, -0.25) is 10.1 Å². The number of nitrogens with zero attached hydrogens (tertiary/aromatic N) is 3. The van der Waals surface area contributed by atoms with Gasteiger partial charge in [0.05, 0.1) is 17.1 Å². The summed E-state index contributed by atoms with van der Waals surface area (Å²) in [5.74, 6) is 1.11. The molecular formula is C14H23N5O2. The average molecular weight is 293 g/mol. The minimum atomic E-state index is -0.384. The van der Waals surface area contributed by atoms with Gasteiger partial charge in [0, 0.05) is 19.6 Å². The van der Waals surface area contributed by atoms with Crippen molar-refractivity contribution in [1.29, 1.82) is 0 Å². The van der Waals surface area contributed by atoms with E-state index < -0.39 is 0 Å². The normalized spacial score (nSPS) is 15.1. The Kier molecular flexibility index (Phi) is 5.74. The van der Waals surface area contributed by atoms with E-state index in [0.29, 0.717) is 11.6 Å². The summed E-state index contributed by atoms with van der Waals surface area (Å²) >= 11 is 0. The molecule has 1 saturated heterocycles. The fourth-order valence-electron chi connectivity index (χ4n) is 2.40. The highest BCUT2D eigenvalue weighted by Gasteiger charge is 2.13. The molecule has 2 heterocycles. The van der Waals surface area contributed by atoms with Gasteiger partial charge in [-0.2, -0.15) is 0 Å². The Morgan fingerprint density at radius 1 is 1.24 bits per heavy atom. The Balaban J connectivity index is 1.95. The summed E-state index contributed by atoms with van der Waals surface area (Å²) in [6, 6.07) is 2.96. The third-order valence-electron chi connectivity index (χ3n) is 3.51. The van der Waals surface area contributed by atoms with E-state index in [1.807, 2.05) is 6.92 Å². The van der Waals surface area contributed by atoms with Crippen LogP contribution in [0.15, 0.2) is 12.1 Å². The van der Waals surface area contributed by atoms with E-state index in [1.54, 1.807) is 0 Å². The van der Waals surface area contributed by atoms with E-state index in [1.165, 1.54) is 25.0 Å². The molecule has 0 amide bonds. The van der Waals surface area contributed by atoms with Gasteiger partial charge in [0.25, 0.3) is 5.69 Å². The van der Waals surface area contributed by atoms with Crippen LogP contribution in [0.2, 0.25) is 0 Å². The molecule has 2 N–H and O–H groups in total. The van der Waals surface area contributed by atoms with Crippen molar-refractivity contribution < 1.29 is 4.92 Å². The minimum absolute atomic E-state index is 0.0623. The molecule has 1 aromatic heterocycles. The lowest BCUT2D eigenvalue weighted by Crippen LogP contribution is -2.26. The molecule has 7 nitrogen and oxygen atoms in total. The molecule has 116 valence electrons. The van der Waals surface area contributed by atoms with Crippen LogP contribution in [-0.4, -0.2) is 47.5 Å². The molecule has 7 heteroatoms. The Hall–Kier alpha value is -1.89. The van der Waals surface area contributed by atoms with Gasteiger partial charge in [0.1, 0.15) is 11.6 Å². The molecule has 0 radical (unpaired) electrons. The van der Waals surface area contributed by atoms with E-state index in [4.69, 9.17) is 0 Å². The Morgan fingerprint density at radius 3 is 2.43 bits per heavy atom. The van der Waals surface area contributed by atoms with Crippen LogP contribution in [0.1, 0.15) is 26.2 Å². The second kappa shape index (κ2) is 7.78. The first-order chi connectivity index (χ1) is 10.2. The van der Waals surface area contributed by atoms with Crippen molar-refractivity contribution in [3.63, 3.8) is 0 Å². The highest BCUT2D eigenvalue weighted by atomic mass is 16.6. The first-order valence-corrected chi connectivity index (χ1v) is 7.55. The summed E-state index contributed by atoms with van der Waals surface area (Å²) in [6.45, 7) is 6.78. The van der Waals surface area contributed by atoms with Crippen molar-refractivity contribution in [3.8, 4) is 0 Å². The molecule has 1 fully saturated rings. The summed E-state index contributed by atoms with van der Waals surface area (Å²) in [5.41, 5.74) is 0.0623. The number of hydrogen-bond donors (Lipinski definition) is 2. The fourth-order valence-corrected chi connectivity index (χ4v) is 2.40. The third kappa shape index (κ3) is 4.86. The zero-order chi connectivity index (χ0) is 15.1. The van der Waals surface area contributed by atoms with Crippen molar-refractivity contribution in [3.05, 3.63) is 22.2 Å². The first kappa shape index (κ1) is 15.5. The maximum absolute atomic E-state index is 11.0. The number of pyridine rings is 1. The SMILES string of the molecule is CCCNc1cc([N+](=O)[O-])cc(NCCN2CCCC2)n1. The van der Waals surface area contributed by atoms with Gasteiger partial charge >= 0.3 is 0 Å². The van der Waals surface area contributed by atoms with E-state index in [-0.39, 0.29) is 10.6 Å². The molecule has 1 aliphatic heterocycles. The van der Waals surface area contributed by atoms with Crippen LogP contribution in [0.25, 0.3) is 0 Å². The smallest absolute Gasteiger partial charge is 0.276 e. The number of likely N-dealkylation sites (tertiary alicyclic amines) is 1. The maximum Gasteiger partial charge on any atom is 0.276 e. The summed E-state index contributed by atoms with van der Waals surface area (Å²) in [5, 5.41) is 17.3. The van der Waals surface area contributed by atoms with Gasteiger partial charge < -0.3 is 15.5 Å². The molecule has 0 aromatic carbocycles. The largest absolute Gasteiger partial charge is 0.370 e. The highest BCUT2D eigenvalue weighted by Crippen LogP contribution is 2.20. The number of aromatic nitrogens is 1. The predicted octanol–water partition coefficient (Wildman–Crippen LogP) is 2.32. The lowest BCUT2D eigenvalue weighted by molar-refractivity contribution is -0.384. The summed E-state index contributed by atoms with van der Waals surface area (Å²) in [4.78, 5) is 17.4. The van der Waals surface area contributed by atoms with Crippen LogP contribution >= 0.6 is 0 Å². The van der Waals surface area contributed by atoms with Gasteiger partial charge in [0.15, 0.2) is 0 Å². The van der Waals surface area contributed by atoms with Gasteiger partial charge in [-0.1, -0.05) is 6.92 Å². The number of hydrogen-bond acceptors (Lipinski definition) is 6. The lowest BCUT2D eigenvalue weighted by Gasteiger charge is -2.15. The monoisotopic (exact) mass is 293 g/mol. The number of nitrogens with one attached hydrogen (secondary N) is 2.